The zero-order valence-electron chi connectivity index (χ0n) is 13.1. The number of aliphatic hydroxyl groups excluding tert-OH is 1. The van der Waals surface area contributed by atoms with Crippen LogP contribution in [0.2, 0.25) is 0 Å². The van der Waals surface area contributed by atoms with Crippen molar-refractivity contribution in [2.45, 2.75) is 71.3 Å². The summed E-state index contributed by atoms with van der Waals surface area (Å²) in [5, 5.41) is 10.2. The van der Waals surface area contributed by atoms with E-state index in [0.29, 0.717) is 0 Å². The van der Waals surface area contributed by atoms with Gasteiger partial charge in [-0.1, -0.05) is 82.4 Å². The fourth-order valence-corrected chi connectivity index (χ4v) is 2.45. The van der Waals surface area contributed by atoms with E-state index in [-0.39, 0.29) is 6.10 Å². The van der Waals surface area contributed by atoms with Crippen molar-refractivity contribution in [3.63, 3.8) is 0 Å². The van der Waals surface area contributed by atoms with E-state index >= 15 is 0 Å². The summed E-state index contributed by atoms with van der Waals surface area (Å²) in [6, 6.07) is 10.5. The number of allylic oxidation sites excluding steroid dienone is 1. The zero-order valence-corrected chi connectivity index (χ0v) is 13.1. The molecule has 0 radical (unpaired) electrons. The third-order valence-corrected chi connectivity index (χ3v) is 3.67. The van der Waals surface area contributed by atoms with Crippen molar-refractivity contribution in [3.05, 3.63) is 42.0 Å². The maximum Gasteiger partial charge on any atom is 0.0580 e. The van der Waals surface area contributed by atoms with Crippen LogP contribution in [-0.4, -0.2) is 11.2 Å². The van der Waals surface area contributed by atoms with Gasteiger partial charge in [0.05, 0.1) is 6.10 Å². The molecule has 0 amide bonds. The van der Waals surface area contributed by atoms with Gasteiger partial charge in [-0.25, -0.2) is 0 Å². The van der Waals surface area contributed by atoms with Crippen LogP contribution in [0, 0.1) is 0 Å². The molecule has 1 N–H and O–H groups in total. The van der Waals surface area contributed by atoms with Gasteiger partial charge in [-0.2, -0.15) is 0 Å². The molecule has 1 aromatic carbocycles. The first kappa shape index (κ1) is 17.0. The molecule has 20 heavy (non-hydrogen) atoms. The molecule has 1 heteroatoms. The molecule has 1 unspecified atom stereocenters. The summed E-state index contributed by atoms with van der Waals surface area (Å²) in [5.74, 6) is 0. The smallest absolute Gasteiger partial charge is 0.0580 e. The lowest BCUT2D eigenvalue weighted by atomic mass is 9.96. The van der Waals surface area contributed by atoms with E-state index in [0.717, 1.165) is 32.1 Å². The van der Waals surface area contributed by atoms with Crippen LogP contribution in [0.25, 0.3) is 5.57 Å². The Bertz CT molecular complexity index is 367. The SMILES string of the molecule is CCC/C=C(/CC(O)CCCCCC)c1ccccc1. The van der Waals surface area contributed by atoms with Crippen LogP contribution >= 0.6 is 0 Å². The number of aliphatic hydroxyl groups is 1. The van der Waals surface area contributed by atoms with E-state index in [1.54, 1.807) is 0 Å². The summed E-state index contributed by atoms with van der Waals surface area (Å²) in [5.41, 5.74) is 2.56. The highest BCUT2D eigenvalue weighted by atomic mass is 16.3. The Kier molecular flexibility index (Phi) is 9.06. The number of benzene rings is 1. The maximum atomic E-state index is 10.2. The number of unbranched alkanes of at least 4 members (excludes halogenated alkanes) is 4. The Labute approximate surface area is 124 Å². The van der Waals surface area contributed by atoms with Gasteiger partial charge in [0.1, 0.15) is 0 Å². The van der Waals surface area contributed by atoms with Gasteiger partial charge in [0, 0.05) is 0 Å². The van der Waals surface area contributed by atoms with Gasteiger partial charge in [0.2, 0.25) is 0 Å². The molecule has 1 aromatic rings. The van der Waals surface area contributed by atoms with Gasteiger partial charge in [0.15, 0.2) is 0 Å². The van der Waals surface area contributed by atoms with E-state index < -0.39 is 0 Å². The summed E-state index contributed by atoms with van der Waals surface area (Å²) in [4.78, 5) is 0. The molecule has 1 nitrogen and oxygen atoms in total. The van der Waals surface area contributed by atoms with Crippen molar-refractivity contribution in [3.8, 4) is 0 Å². The first-order valence-corrected chi connectivity index (χ1v) is 8.20. The van der Waals surface area contributed by atoms with Crippen LogP contribution in [0.4, 0.5) is 0 Å². The molecular weight excluding hydrogens is 244 g/mol. The molecule has 0 spiro atoms. The molecule has 0 aliphatic carbocycles. The monoisotopic (exact) mass is 274 g/mol. The second-order valence-corrected chi connectivity index (χ2v) is 5.59. The first-order valence-electron chi connectivity index (χ1n) is 8.20. The molecule has 0 fully saturated rings. The second-order valence-electron chi connectivity index (χ2n) is 5.59. The number of hydrogen-bond donors (Lipinski definition) is 1. The van der Waals surface area contributed by atoms with Crippen molar-refractivity contribution in [1.29, 1.82) is 0 Å². The Morgan fingerprint density at radius 3 is 2.45 bits per heavy atom. The third-order valence-electron chi connectivity index (χ3n) is 3.67. The standard InChI is InChI=1S/C19H30O/c1-3-5-7-11-15-19(20)16-18(12-6-4-2)17-13-9-8-10-14-17/h8-10,12-14,19-20H,3-7,11,15-16H2,1-2H3/b18-12-. The van der Waals surface area contributed by atoms with Gasteiger partial charge in [-0.3, -0.25) is 0 Å². The Hall–Kier alpha value is -1.08. The van der Waals surface area contributed by atoms with Crippen LogP contribution in [0.3, 0.4) is 0 Å². The van der Waals surface area contributed by atoms with Gasteiger partial charge >= 0.3 is 0 Å². The molecule has 0 heterocycles. The van der Waals surface area contributed by atoms with Crippen molar-refractivity contribution in [1.82, 2.24) is 0 Å². The summed E-state index contributed by atoms with van der Waals surface area (Å²) in [7, 11) is 0. The lowest BCUT2D eigenvalue weighted by molar-refractivity contribution is 0.166. The average molecular weight is 274 g/mol. The van der Waals surface area contributed by atoms with Crippen LogP contribution in [0.5, 0.6) is 0 Å². The fraction of sp³-hybridized carbons (Fsp3) is 0.579. The summed E-state index contributed by atoms with van der Waals surface area (Å²) >= 11 is 0. The molecule has 1 rings (SSSR count). The largest absolute Gasteiger partial charge is 0.393 e. The van der Waals surface area contributed by atoms with Crippen molar-refractivity contribution in [2.75, 3.05) is 0 Å². The van der Waals surface area contributed by atoms with Gasteiger partial charge in [-0.15, -0.1) is 0 Å². The molecule has 112 valence electrons. The van der Waals surface area contributed by atoms with Crippen LogP contribution < -0.4 is 0 Å². The molecule has 0 aliphatic heterocycles. The topological polar surface area (TPSA) is 20.2 Å². The summed E-state index contributed by atoms with van der Waals surface area (Å²) in [6.45, 7) is 4.41. The molecule has 0 bridgehead atoms. The predicted molar refractivity (Wildman–Crippen MR) is 88.7 cm³/mol. The van der Waals surface area contributed by atoms with E-state index in [9.17, 15) is 5.11 Å². The molecule has 0 saturated carbocycles. The minimum atomic E-state index is -0.199. The van der Waals surface area contributed by atoms with Gasteiger partial charge in [0.25, 0.3) is 0 Å². The number of hydrogen-bond acceptors (Lipinski definition) is 1. The Balaban J connectivity index is 2.53. The normalized spacial score (nSPS) is 13.4. The number of rotatable bonds is 10. The summed E-state index contributed by atoms with van der Waals surface area (Å²) in [6.07, 6.45) is 11.0. The van der Waals surface area contributed by atoms with E-state index in [2.05, 4.69) is 44.2 Å². The highest BCUT2D eigenvalue weighted by Gasteiger charge is 2.09. The van der Waals surface area contributed by atoms with Crippen molar-refractivity contribution < 1.29 is 5.11 Å². The highest BCUT2D eigenvalue weighted by molar-refractivity contribution is 5.65. The maximum absolute atomic E-state index is 10.2. The molecule has 1 atom stereocenters. The molecule has 0 saturated heterocycles. The molecule has 0 aromatic heterocycles. The third kappa shape index (κ3) is 6.91. The van der Waals surface area contributed by atoms with Crippen molar-refractivity contribution >= 4 is 5.57 Å². The van der Waals surface area contributed by atoms with Gasteiger partial charge in [-0.05, 0) is 30.4 Å². The second kappa shape index (κ2) is 10.7. The molecule has 0 aliphatic rings. The highest BCUT2D eigenvalue weighted by Crippen LogP contribution is 2.23. The van der Waals surface area contributed by atoms with E-state index in [4.69, 9.17) is 0 Å². The van der Waals surface area contributed by atoms with E-state index in [1.165, 1.54) is 30.4 Å². The van der Waals surface area contributed by atoms with Gasteiger partial charge < -0.3 is 5.11 Å². The minimum absolute atomic E-state index is 0.199. The quantitative estimate of drug-likeness (QED) is 0.551. The van der Waals surface area contributed by atoms with Crippen LogP contribution in [-0.2, 0) is 0 Å². The van der Waals surface area contributed by atoms with Crippen LogP contribution in [0.1, 0.15) is 70.8 Å². The lowest BCUT2D eigenvalue weighted by Gasteiger charge is -2.14. The van der Waals surface area contributed by atoms with E-state index in [1.807, 2.05) is 6.07 Å². The zero-order chi connectivity index (χ0) is 14.6. The minimum Gasteiger partial charge on any atom is -0.393 e. The lowest BCUT2D eigenvalue weighted by Crippen LogP contribution is -2.07. The summed E-state index contributed by atoms with van der Waals surface area (Å²) < 4.78 is 0. The molecular formula is C19H30O. The Morgan fingerprint density at radius 1 is 1.05 bits per heavy atom. The average Bonchev–Trinajstić information content (AvgIpc) is 2.49. The van der Waals surface area contributed by atoms with Crippen LogP contribution in [0.15, 0.2) is 36.4 Å². The Morgan fingerprint density at radius 2 is 1.80 bits per heavy atom. The first-order chi connectivity index (χ1) is 9.77. The van der Waals surface area contributed by atoms with Crippen molar-refractivity contribution in [2.24, 2.45) is 0 Å². The fourth-order valence-electron chi connectivity index (χ4n) is 2.45. The predicted octanol–water partition coefficient (Wildman–Crippen LogP) is 5.59.